The zero-order valence-electron chi connectivity index (χ0n) is 17.7. The Balaban J connectivity index is 1.22. The number of thiazole rings is 1. The number of urea groups is 1. The van der Waals surface area contributed by atoms with Crippen LogP contribution in [-0.2, 0) is 6.54 Å². The number of carbonyl (C=O) groups is 1. The molecule has 1 atom stereocenters. The lowest BCUT2D eigenvalue weighted by Gasteiger charge is -2.32. The lowest BCUT2D eigenvalue weighted by atomic mass is 10.1. The summed E-state index contributed by atoms with van der Waals surface area (Å²) in [6, 6.07) is 5.57. The lowest BCUT2D eigenvalue weighted by Crippen LogP contribution is -2.48. The molecule has 2 amide bonds. The third kappa shape index (κ3) is 4.61. The first-order valence-corrected chi connectivity index (χ1v) is 11.5. The third-order valence-electron chi connectivity index (χ3n) is 5.50. The quantitative estimate of drug-likeness (QED) is 0.486. The second-order valence-electron chi connectivity index (χ2n) is 7.94. The SMILES string of the molecule is Cc1cc(-n2ncc3cc(NC(=O)NC4CCCN(Cc5nccs5)C4)ncc32)ccn1. The van der Waals surface area contributed by atoms with Gasteiger partial charge in [0.25, 0.3) is 0 Å². The molecule has 4 aromatic heterocycles. The molecular weight excluding hydrogens is 424 g/mol. The van der Waals surface area contributed by atoms with Crippen LogP contribution in [0, 0.1) is 6.92 Å². The number of nitrogens with zero attached hydrogens (tertiary/aromatic N) is 6. The van der Waals surface area contributed by atoms with E-state index in [4.69, 9.17) is 0 Å². The summed E-state index contributed by atoms with van der Waals surface area (Å²) in [5, 5.41) is 14.4. The minimum absolute atomic E-state index is 0.102. The number of anilines is 1. The molecule has 9 nitrogen and oxygen atoms in total. The molecule has 0 bridgehead atoms. The smallest absolute Gasteiger partial charge is 0.320 e. The van der Waals surface area contributed by atoms with Gasteiger partial charge in [-0.1, -0.05) is 0 Å². The van der Waals surface area contributed by atoms with Gasteiger partial charge in [-0.3, -0.25) is 15.2 Å². The molecule has 1 fully saturated rings. The van der Waals surface area contributed by atoms with E-state index in [2.05, 4.69) is 35.6 Å². The molecule has 32 heavy (non-hydrogen) atoms. The number of pyridine rings is 2. The summed E-state index contributed by atoms with van der Waals surface area (Å²) in [5.74, 6) is 0.496. The number of amides is 2. The van der Waals surface area contributed by atoms with Crippen molar-refractivity contribution in [2.75, 3.05) is 18.4 Å². The fraction of sp³-hybridized carbons (Fsp3) is 0.318. The number of piperidine rings is 1. The Hall–Kier alpha value is -3.37. The van der Waals surface area contributed by atoms with Gasteiger partial charge in [-0.2, -0.15) is 5.10 Å². The van der Waals surface area contributed by atoms with E-state index in [9.17, 15) is 4.79 Å². The predicted molar refractivity (Wildman–Crippen MR) is 124 cm³/mol. The summed E-state index contributed by atoms with van der Waals surface area (Å²) in [6.45, 7) is 4.62. The highest BCUT2D eigenvalue weighted by molar-refractivity contribution is 7.09. The first-order valence-electron chi connectivity index (χ1n) is 10.6. The van der Waals surface area contributed by atoms with Crippen molar-refractivity contribution in [3.8, 4) is 5.69 Å². The highest BCUT2D eigenvalue weighted by atomic mass is 32.1. The summed E-state index contributed by atoms with van der Waals surface area (Å²) in [5.41, 5.74) is 2.71. The number of carbonyl (C=O) groups excluding carboxylic acids is 1. The molecular formula is C22H24N8OS. The first-order chi connectivity index (χ1) is 15.6. The van der Waals surface area contributed by atoms with Crippen molar-refractivity contribution in [1.29, 1.82) is 0 Å². The van der Waals surface area contributed by atoms with Gasteiger partial charge in [0.2, 0.25) is 0 Å². The van der Waals surface area contributed by atoms with E-state index in [-0.39, 0.29) is 12.1 Å². The van der Waals surface area contributed by atoms with Gasteiger partial charge in [-0.25, -0.2) is 19.4 Å². The number of fused-ring (bicyclic) bond motifs is 1. The van der Waals surface area contributed by atoms with Crippen LogP contribution in [0.1, 0.15) is 23.5 Å². The van der Waals surface area contributed by atoms with Crippen molar-refractivity contribution < 1.29 is 4.79 Å². The van der Waals surface area contributed by atoms with Gasteiger partial charge in [0.05, 0.1) is 30.1 Å². The maximum absolute atomic E-state index is 12.6. The van der Waals surface area contributed by atoms with Crippen molar-refractivity contribution in [1.82, 2.24) is 34.9 Å². The molecule has 5 heterocycles. The number of rotatable bonds is 5. The Bertz CT molecular complexity index is 1220. The van der Waals surface area contributed by atoms with Gasteiger partial charge in [0.1, 0.15) is 10.8 Å². The van der Waals surface area contributed by atoms with E-state index < -0.39 is 0 Å². The highest BCUT2D eigenvalue weighted by Crippen LogP contribution is 2.20. The van der Waals surface area contributed by atoms with Crippen molar-refractivity contribution >= 4 is 34.1 Å². The van der Waals surface area contributed by atoms with Crippen LogP contribution in [0.25, 0.3) is 16.6 Å². The van der Waals surface area contributed by atoms with Crippen LogP contribution in [-0.4, -0.2) is 54.8 Å². The summed E-state index contributed by atoms with van der Waals surface area (Å²) in [6.07, 6.45) is 9.10. The Morgan fingerprint density at radius 1 is 1.22 bits per heavy atom. The standard InChI is InChI=1S/C22H24N8OS/c1-15-9-18(4-5-23-15)30-19-12-25-20(10-16(19)11-26-30)28-22(31)27-17-3-2-7-29(13-17)14-21-24-6-8-32-21/h4-6,8-12,17H,2-3,7,13-14H2,1H3,(H2,25,27,28,31). The van der Waals surface area contributed by atoms with Crippen LogP contribution < -0.4 is 10.6 Å². The highest BCUT2D eigenvalue weighted by Gasteiger charge is 2.22. The molecule has 0 saturated carbocycles. The zero-order valence-corrected chi connectivity index (χ0v) is 18.5. The molecule has 0 aliphatic carbocycles. The van der Waals surface area contributed by atoms with Crippen LogP contribution in [0.2, 0.25) is 0 Å². The van der Waals surface area contributed by atoms with Gasteiger partial charge in [-0.15, -0.1) is 11.3 Å². The van der Waals surface area contributed by atoms with Crippen molar-refractivity contribution in [2.24, 2.45) is 0 Å². The fourth-order valence-electron chi connectivity index (χ4n) is 4.04. The van der Waals surface area contributed by atoms with E-state index >= 15 is 0 Å². The fourth-order valence-corrected chi connectivity index (χ4v) is 4.70. The van der Waals surface area contributed by atoms with Gasteiger partial charge in [-0.05, 0) is 44.5 Å². The Morgan fingerprint density at radius 3 is 3.00 bits per heavy atom. The van der Waals surface area contributed by atoms with E-state index in [1.165, 1.54) is 0 Å². The van der Waals surface area contributed by atoms with Crippen LogP contribution in [0.5, 0.6) is 0 Å². The third-order valence-corrected chi connectivity index (χ3v) is 6.27. The number of hydrogen-bond donors (Lipinski definition) is 2. The number of aryl methyl sites for hydroxylation is 1. The lowest BCUT2D eigenvalue weighted by molar-refractivity contribution is 0.183. The molecule has 164 valence electrons. The summed E-state index contributed by atoms with van der Waals surface area (Å²) in [7, 11) is 0. The summed E-state index contributed by atoms with van der Waals surface area (Å²) < 4.78 is 1.82. The molecule has 0 radical (unpaired) electrons. The molecule has 10 heteroatoms. The van der Waals surface area contributed by atoms with Gasteiger partial charge >= 0.3 is 6.03 Å². The van der Waals surface area contributed by atoms with Crippen molar-refractivity contribution in [3.05, 3.63) is 59.1 Å². The number of hydrogen-bond acceptors (Lipinski definition) is 7. The molecule has 1 unspecified atom stereocenters. The number of nitrogens with one attached hydrogen (secondary N) is 2. The van der Waals surface area contributed by atoms with Gasteiger partial charge in [0.15, 0.2) is 0 Å². The largest absolute Gasteiger partial charge is 0.334 e. The molecule has 4 aromatic rings. The van der Waals surface area contributed by atoms with Gasteiger partial charge < -0.3 is 5.32 Å². The van der Waals surface area contributed by atoms with E-state index in [1.54, 1.807) is 29.9 Å². The van der Waals surface area contributed by atoms with E-state index in [0.717, 1.165) is 59.8 Å². The second-order valence-corrected chi connectivity index (χ2v) is 8.92. The van der Waals surface area contributed by atoms with Crippen LogP contribution in [0.15, 0.2) is 48.4 Å². The van der Waals surface area contributed by atoms with Crippen molar-refractivity contribution in [2.45, 2.75) is 32.4 Å². The maximum atomic E-state index is 12.6. The molecule has 1 aliphatic rings. The molecule has 5 rings (SSSR count). The first kappa shape index (κ1) is 20.5. The number of aromatic nitrogens is 5. The van der Waals surface area contributed by atoms with Crippen LogP contribution >= 0.6 is 11.3 Å². The number of likely N-dealkylation sites (tertiary alicyclic amines) is 1. The monoisotopic (exact) mass is 448 g/mol. The topological polar surface area (TPSA) is 101 Å². The normalized spacial score (nSPS) is 16.8. The van der Waals surface area contributed by atoms with E-state index in [1.807, 2.05) is 41.4 Å². The zero-order chi connectivity index (χ0) is 21.9. The minimum Gasteiger partial charge on any atom is -0.334 e. The average molecular weight is 449 g/mol. The Kier molecular flexibility index (Phi) is 5.78. The maximum Gasteiger partial charge on any atom is 0.320 e. The second kappa shape index (κ2) is 9.01. The van der Waals surface area contributed by atoms with Crippen LogP contribution in [0.3, 0.4) is 0 Å². The Morgan fingerprint density at radius 2 is 2.16 bits per heavy atom. The summed E-state index contributed by atoms with van der Waals surface area (Å²) >= 11 is 1.66. The molecule has 0 spiro atoms. The average Bonchev–Trinajstić information content (AvgIpc) is 3.43. The molecule has 1 aliphatic heterocycles. The van der Waals surface area contributed by atoms with Crippen molar-refractivity contribution in [3.63, 3.8) is 0 Å². The minimum atomic E-state index is -0.241. The molecule has 0 aromatic carbocycles. The van der Waals surface area contributed by atoms with Crippen LogP contribution in [0.4, 0.5) is 10.6 Å². The molecule has 1 saturated heterocycles. The summed E-state index contributed by atoms with van der Waals surface area (Å²) in [4.78, 5) is 27.9. The predicted octanol–water partition coefficient (Wildman–Crippen LogP) is 3.37. The molecule has 2 N–H and O–H groups in total. The van der Waals surface area contributed by atoms with E-state index in [0.29, 0.717) is 5.82 Å². The van der Waals surface area contributed by atoms with Gasteiger partial charge in [0, 0.05) is 41.4 Å². The Labute approximate surface area is 189 Å².